The van der Waals surface area contributed by atoms with Gasteiger partial charge in [0.05, 0.1) is 10.6 Å². The maximum absolute atomic E-state index is 13.1. The van der Waals surface area contributed by atoms with Crippen molar-refractivity contribution in [3.8, 4) is 16.8 Å². The zero-order valence-corrected chi connectivity index (χ0v) is 31.6. The van der Waals surface area contributed by atoms with E-state index in [1.54, 1.807) is 22.3 Å². The molecule has 0 bridgehead atoms. The van der Waals surface area contributed by atoms with Crippen molar-refractivity contribution in [3.05, 3.63) is 121 Å². The molecule has 0 spiro atoms. The number of piperidine rings is 1. The van der Waals surface area contributed by atoms with Gasteiger partial charge in [0.1, 0.15) is 28.6 Å². The van der Waals surface area contributed by atoms with Crippen molar-refractivity contribution in [3.63, 3.8) is 0 Å². The van der Waals surface area contributed by atoms with Gasteiger partial charge in [-0.05, 0) is 99.8 Å². The molecule has 2 atom stereocenters. The number of aryl methyl sites for hydroxylation is 2. The molecule has 54 heavy (non-hydrogen) atoms. The summed E-state index contributed by atoms with van der Waals surface area (Å²) in [6.07, 6.45) is 5.23. The van der Waals surface area contributed by atoms with Gasteiger partial charge in [0, 0.05) is 58.7 Å². The Hall–Kier alpha value is -5.64. The van der Waals surface area contributed by atoms with Gasteiger partial charge in [-0.2, -0.15) is 0 Å². The Morgan fingerprint density at radius 2 is 1.85 bits per heavy atom. The minimum Gasteiger partial charge on any atom is -0.385 e. The predicted octanol–water partition coefficient (Wildman–Crippen LogP) is 6.50. The fourth-order valence-electron chi connectivity index (χ4n) is 7.29. The molecular weight excluding hydrogens is 720 g/mol. The molecule has 2 N–H and O–H groups in total. The first-order valence-corrected chi connectivity index (χ1v) is 19.2. The second kappa shape index (κ2) is 14.6. The number of hydrogen-bond acceptors (Lipinski definition) is 9. The number of nitrogens with one attached hydrogen (secondary N) is 2. The Morgan fingerprint density at radius 3 is 2.63 bits per heavy atom. The number of fused-ring (bicyclic) bond motifs is 4. The number of anilines is 1. The first-order chi connectivity index (χ1) is 26.2. The van der Waals surface area contributed by atoms with E-state index in [0.717, 1.165) is 86.6 Å². The van der Waals surface area contributed by atoms with Crippen molar-refractivity contribution in [2.24, 2.45) is 4.99 Å². The Bertz CT molecular complexity index is 2400. The number of hydrogen-bond donors (Lipinski definition) is 2. The molecule has 272 valence electrons. The molecule has 1 unspecified atom stereocenters. The van der Waals surface area contributed by atoms with Gasteiger partial charge in [-0.15, -0.1) is 21.5 Å². The standard InChI is InChI=1S/C41H37ClN8O3S/c1-23-34(54-41-36(23)37(27-11-13-28(42)14-12-27)45-24(2)38-48-47-25(3)50(38)41)18-16-29-15-10-26(21-44-29)7-4-5-20-43-32-9-6-8-30-31(32)22-49(40(30)53)33-17-19-35(51)46-39(33)52/h6,8-15,21,24,33,43H,4-5,7,17,19-20,22H2,1-3H3,(H,46,51,52)/t24-,33?/m0/s1. The Morgan fingerprint density at radius 1 is 1.02 bits per heavy atom. The highest BCUT2D eigenvalue weighted by Crippen LogP contribution is 2.39. The number of rotatable bonds is 8. The number of nitrogens with zero attached hydrogens (tertiary/aromatic N) is 6. The average Bonchev–Trinajstić information content (AvgIpc) is 3.79. The van der Waals surface area contributed by atoms with Crippen LogP contribution in [-0.2, 0) is 22.6 Å². The van der Waals surface area contributed by atoms with Gasteiger partial charge >= 0.3 is 0 Å². The molecule has 0 radical (unpaired) electrons. The van der Waals surface area contributed by atoms with Crippen LogP contribution in [0.4, 0.5) is 5.69 Å². The molecule has 1 fully saturated rings. The smallest absolute Gasteiger partial charge is 0.255 e. The fourth-order valence-corrected chi connectivity index (χ4v) is 8.64. The Balaban J connectivity index is 0.905. The van der Waals surface area contributed by atoms with Crippen molar-refractivity contribution < 1.29 is 14.4 Å². The van der Waals surface area contributed by atoms with Gasteiger partial charge in [-0.25, -0.2) is 4.98 Å². The largest absolute Gasteiger partial charge is 0.385 e. The van der Waals surface area contributed by atoms with Crippen molar-refractivity contribution in [2.45, 2.75) is 71.5 Å². The number of aliphatic imine (C=N–C) groups is 1. The van der Waals surface area contributed by atoms with Crippen LogP contribution in [0.2, 0.25) is 5.02 Å². The fraction of sp³-hybridized carbons (Fsp3) is 0.293. The van der Waals surface area contributed by atoms with Crippen LogP contribution >= 0.6 is 22.9 Å². The lowest BCUT2D eigenvalue weighted by Gasteiger charge is -2.29. The summed E-state index contributed by atoms with van der Waals surface area (Å²) in [4.78, 5) is 49.5. The summed E-state index contributed by atoms with van der Waals surface area (Å²) < 4.78 is 2.10. The monoisotopic (exact) mass is 756 g/mol. The summed E-state index contributed by atoms with van der Waals surface area (Å²) in [6.45, 7) is 7.17. The van der Waals surface area contributed by atoms with Crippen LogP contribution in [0.3, 0.4) is 0 Å². The molecule has 2 aromatic carbocycles. The highest BCUT2D eigenvalue weighted by molar-refractivity contribution is 7.15. The number of pyridine rings is 1. The number of amides is 3. The molecule has 1 saturated heterocycles. The lowest BCUT2D eigenvalue weighted by atomic mass is 9.99. The topological polar surface area (TPSA) is 134 Å². The number of aromatic nitrogens is 4. The van der Waals surface area contributed by atoms with Crippen LogP contribution in [0.25, 0.3) is 5.00 Å². The van der Waals surface area contributed by atoms with E-state index < -0.39 is 11.9 Å². The van der Waals surface area contributed by atoms with Gasteiger partial charge in [0.25, 0.3) is 5.91 Å². The molecule has 3 aliphatic rings. The molecule has 13 heteroatoms. The van der Waals surface area contributed by atoms with Crippen LogP contribution in [0, 0.1) is 25.7 Å². The van der Waals surface area contributed by atoms with E-state index in [2.05, 4.69) is 55.2 Å². The third-order valence-corrected chi connectivity index (χ3v) is 11.6. The van der Waals surface area contributed by atoms with Crippen LogP contribution in [0.15, 0.2) is 65.8 Å². The number of thiophene rings is 1. The van der Waals surface area contributed by atoms with E-state index in [1.165, 1.54) is 0 Å². The number of unbranched alkanes of at least 4 members (excludes halogenated alkanes) is 1. The zero-order chi connectivity index (χ0) is 37.5. The van der Waals surface area contributed by atoms with E-state index in [4.69, 9.17) is 16.6 Å². The molecule has 11 nitrogen and oxygen atoms in total. The Kier molecular flexibility index (Phi) is 9.60. The maximum atomic E-state index is 13.1. The van der Waals surface area contributed by atoms with Gasteiger partial charge in [-0.3, -0.25) is 29.3 Å². The van der Waals surface area contributed by atoms with E-state index in [0.29, 0.717) is 29.2 Å². The van der Waals surface area contributed by atoms with E-state index in [9.17, 15) is 14.4 Å². The summed E-state index contributed by atoms with van der Waals surface area (Å²) in [5, 5.41) is 16.4. The second-order valence-corrected chi connectivity index (χ2v) is 15.2. The Labute approximate surface area is 321 Å². The summed E-state index contributed by atoms with van der Waals surface area (Å²) in [5.41, 5.74) is 8.18. The van der Waals surface area contributed by atoms with Crippen molar-refractivity contribution >= 4 is 52.1 Å². The van der Waals surface area contributed by atoms with E-state index >= 15 is 0 Å². The number of halogens is 1. The van der Waals surface area contributed by atoms with E-state index in [-0.39, 0.29) is 24.3 Å². The van der Waals surface area contributed by atoms with Crippen molar-refractivity contribution in [1.82, 2.24) is 30.0 Å². The molecule has 5 aromatic rings. The molecular formula is C41H37ClN8O3S. The number of imide groups is 1. The highest BCUT2D eigenvalue weighted by Gasteiger charge is 2.40. The third-order valence-electron chi connectivity index (χ3n) is 10.2. The van der Waals surface area contributed by atoms with Crippen LogP contribution in [0.1, 0.15) is 99.0 Å². The normalized spacial score (nSPS) is 17.5. The summed E-state index contributed by atoms with van der Waals surface area (Å²) in [7, 11) is 0. The SMILES string of the molecule is Cc1c(C#Cc2ccc(CCCCNc3cccc4c3CN(C3CCC(=O)NC3=O)C4=O)cn2)sc2c1C(c1ccc(Cl)cc1)=N[C@@H](C)c1nnc(C)n1-2. The van der Waals surface area contributed by atoms with Crippen LogP contribution in [-0.4, -0.2) is 60.7 Å². The molecule has 0 aliphatic carbocycles. The zero-order valence-electron chi connectivity index (χ0n) is 30.1. The molecule has 8 rings (SSSR count). The van der Waals surface area contributed by atoms with Crippen LogP contribution in [0.5, 0.6) is 0 Å². The summed E-state index contributed by atoms with van der Waals surface area (Å²) in [5.74, 6) is 7.41. The molecule has 3 aliphatic heterocycles. The number of carbonyl (C=O) groups excluding carboxylic acids is 3. The summed E-state index contributed by atoms with van der Waals surface area (Å²) >= 11 is 7.84. The predicted molar refractivity (Wildman–Crippen MR) is 208 cm³/mol. The average molecular weight is 757 g/mol. The molecule has 3 amide bonds. The minimum atomic E-state index is -0.627. The highest BCUT2D eigenvalue weighted by atomic mass is 35.5. The lowest BCUT2D eigenvalue weighted by molar-refractivity contribution is -0.136. The minimum absolute atomic E-state index is 0.169. The molecule has 0 saturated carbocycles. The first-order valence-electron chi connectivity index (χ1n) is 18.0. The van der Waals surface area contributed by atoms with Crippen LogP contribution < -0.4 is 10.6 Å². The quantitative estimate of drug-likeness (QED) is 0.105. The summed E-state index contributed by atoms with van der Waals surface area (Å²) in [6, 6.07) is 16.6. The third kappa shape index (κ3) is 6.70. The molecule has 6 heterocycles. The number of carbonyl (C=O) groups is 3. The van der Waals surface area contributed by atoms with Gasteiger partial charge in [-0.1, -0.05) is 35.9 Å². The van der Waals surface area contributed by atoms with Gasteiger partial charge in [0.15, 0.2) is 5.82 Å². The lowest BCUT2D eigenvalue weighted by Crippen LogP contribution is -2.52. The second-order valence-electron chi connectivity index (χ2n) is 13.8. The van der Waals surface area contributed by atoms with Gasteiger partial charge < -0.3 is 10.2 Å². The molecule has 3 aromatic heterocycles. The first kappa shape index (κ1) is 35.4. The maximum Gasteiger partial charge on any atom is 0.255 e. The number of benzene rings is 2. The van der Waals surface area contributed by atoms with Gasteiger partial charge in [0.2, 0.25) is 11.8 Å². The van der Waals surface area contributed by atoms with Crippen molar-refractivity contribution in [1.29, 1.82) is 0 Å². The van der Waals surface area contributed by atoms with E-state index in [1.807, 2.05) is 62.5 Å². The van der Waals surface area contributed by atoms with Crippen molar-refractivity contribution in [2.75, 3.05) is 11.9 Å².